The van der Waals surface area contributed by atoms with Gasteiger partial charge >= 0.3 is 6.18 Å². The van der Waals surface area contributed by atoms with Gasteiger partial charge in [0, 0.05) is 30.2 Å². The van der Waals surface area contributed by atoms with Crippen molar-refractivity contribution < 1.29 is 23.4 Å². The summed E-state index contributed by atoms with van der Waals surface area (Å²) in [6.45, 7) is 0. The van der Waals surface area contributed by atoms with E-state index in [9.17, 15) is 23.4 Å². The number of halogens is 3. The lowest BCUT2D eigenvalue weighted by Gasteiger charge is -2.27. The van der Waals surface area contributed by atoms with Gasteiger partial charge in [0.05, 0.1) is 23.5 Å². The van der Waals surface area contributed by atoms with Crippen LogP contribution in [0.15, 0.2) is 54.9 Å². The van der Waals surface area contributed by atoms with Gasteiger partial charge in [0.25, 0.3) is 0 Å². The second-order valence-corrected chi connectivity index (χ2v) is 6.97. The molecule has 0 bridgehead atoms. The average molecular weight is 401 g/mol. The van der Waals surface area contributed by atoms with Crippen LogP contribution in [0.2, 0.25) is 0 Å². The zero-order chi connectivity index (χ0) is 20.6. The van der Waals surface area contributed by atoms with Crippen molar-refractivity contribution in [2.24, 2.45) is 0 Å². The van der Waals surface area contributed by atoms with Crippen LogP contribution >= 0.6 is 0 Å². The molecule has 1 aromatic heterocycles. The maximum absolute atomic E-state index is 12.7. The first kappa shape index (κ1) is 19.4. The highest BCUT2D eigenvalue weighted by molar-refractivity contribution is 5.68. The van der Waals surface area contributed by atoms with Crippen molar-refractivity contribution in [1.82, 2.24) is 9.97 Å². The monoisotopic (exact) mass is 401 g/mol. The molecule has 8 heteroatoms. The van der Waals surface area contributed by atoms with Crippen LogP contribution in [0.4, 0.5) is 24.7 Å². The molecular weight excluding hydrogens is 383 g/mol. The Hall–Kier alpha value is -2.97. The third kappa shape index (κ3) is 4.08. The van der Waals surface area contributed by atoms with E-state index in [1.165, 1.54) is 18.5 Å². The molecule has 0 saturated carbocycles. The van der Waals surface area contributed by atoms with E-state index in [1.54, 1.807) is 6.07 Å². The number of nitrogens with zero attached hydrogens (tertiary/aromatic N) is 2. The van der Waals surface area contributed by atoms with Crippen LogP contribution in [0.25, 0.3) is 11.3 Å². The Bertz CT molecular complexity index is 1020. The summed E-state index contributed by atoms with van der Waals surface area (Å²) in [4.78, 5) is 8.33. The third-order valence-electron chi connectivity index (χ3n) is 5.00. The molecule has 0 fully saturated rings. The van der Waals surface area contributed by atoms with Crippen LogP contribution in [0.5, 0.6) is 0 Å². The normalized spacial score (nSPS) is 18.9. The lowest BCUT2D eigenvalue weighted by Crippen LogP contribution is -2.34. The summed E-state index contributed by atoms with van der Waals surface area (Å²) in [6, 6.07) is 12.0. The molecule has 2 aromatic carbocycles. The Kier molecular flexibility index (Phi) is 4.97. The Morgan fingerprint density at radius 3 is 2.38 bits per heavy atom. The van der Waals surface area contributed by atoms with Gasteiger partial charge in [-0.15, -0.1) is 0 Å². The number of aliphatic hydroxyl groups is 2. The Morgan fingerprint density at radius 2 is 1.66 bits per heavy atom. The van der Waals surface area contributed by atoms with Gasteiger partial charge < -0.3 is 15.5 Å². The summed E-state index contributed by atoms with van der Waals surface area (Å²) in [5.74, 6) is 0.476. The zero-order valence-corrected chi connectivity index (χ0v) is 15.2. The standard InChI is InChI=1S/C21H18F3N3O2/c22-21(23,24)14-6-4-12(5-7-14)17-10-20(26-11-25-17)27-16-3-1-2-13-8-18(28)19(29)9-15(13)16/h1-7,10-11,18-19,28-29H,8-9H2,(H,25,26,27)/t18-,19-/m0/s1. The minimum atomic E-state index is -4.39. The maximum Gasteiger partial charge on any atom is 0.416 e. The van der Waals surface area contributed by atoms with Gasteiger partial charge in [0.1, 0.15) is 12.1 Å². The highest BCUT2D eigenvalue weighted by Gasteiger charge is 2.30. The number of nitrogens with one attached hydrogen (secondary N) is 1. The Morgan fingerprint density at radius 1 is 0.931 bits per heavy atom. The van der Waals surface area contributed by atoms with Crippen LogP contribution in [-0.4, -0.2) is 32.4 Å². The average Bonchev–Trinajstić information content (AvgIpc) is 2.69. The lowest BCUT2D eigenvalue weighted by atomic mass is 9.86. The van der Waals surface area contributed by atoms with Gasteiger partial charge in [0.15, 0.2) is 0 Å². The number of fused-ring (bicyclic) bond motifs is 1. The van der Waals surface area contributed by atoms with E-state index in [4.69, 9.17) is 0 Å². The summed E-state index contributed by atoms with van der Waals surface area (Å²) >= 11 is 0. The Balaban J connectivity index is 1.60. The van der Waals surface area contributed by atoms with E-state index in [0.717, 1.165) is 28.9 Å². The smallest absolute Gasteiger partial charge is 0.390 e. The molecule has 0 unspecified atom stereocenters. The van der Waals surface area contributed by atoms with Crippen LogP contribution in [0, 0.1) is 0 Å². The number of alkyl halides is 3. The van der Waals surface area contributed by atoms with Crippen molar-refractivity contribution in [1.29, 1.82) is 0 Å². The second-order valence-electron chi connectivity index (χ2n) is 6.97. The predicted octanol–water partition coefficient (Wildman–Crippen LogP) is 3.73. The van der Waals surface area contributed by atoms with Crippen LogP contribution in [0.1, 0.15) is 16.7 Å². The first-order valence-corrected chi connectivity index (χ1v) is 9.05. The maximum atomic E-state index is 12.7. The molecule has 0 amide bonds. The van der Waals surface area contributed by atoms with Gasteiger partial charge in [-0.25, -0.2) is 9.97 Å². The van der Waals surface area contributed by atoms with Crippen LogP contribution in [-0.2, 0) is 19.0 Å². The number of aliphatic hydroxyl groups excluding tert-OH is 2. The van der Waals surface area contributed by atoms with Crippen LogP contribution < -0.4 is 5.32 Å². The summed E-state index contributed by atoms with van der Waals surface area (Å²) in [5, 5.41) is 23.1. The molecule has 0 saturated heterocycles. The van der Waals surface area contributed by atoms with E-state index in [0.29, 0.717) is 29.9 Å². The van der Waals surface area contributed by atoms with Crippen molar-refractivity contribution >= 4 is 11.5 Å². The quantitative estimate of drug-likeness (QED) is 0.624. The topological polar surface area (TPSA) is 78.3 Å². The van der Waals surface area contributed by atoms with E-state index < -0.39 is 23.9 Å². The molecule has 0 aliphatic heterocycles. The highest BCUT2D eigenvalue weighted by atomic mass is 19.4. The first-order valence-electron chi connectivity index (χ1n) is 9.05. The number of hydrogen-bond donors (Lipinski definition) is 3. The molecule has 2 atom stereocenters. The third-order valence-corrected chi connectivity index (χ3v) is 5.00. The molecule has 1 aliphatic rings. The molecule has 1 heterocycles. The summed E-state index contributed by atoms with van der Waals surface area (Å²) in [6.07, 6.45) is -3.99. The van der Waals surface area contributed by atoms with E-state index >= 15 is 0 Å². The van der Waals surface area contributed by atoms with Crippen molar-refractivity contribution in [3.8, 4) is 11.3 Å². The zero-order valence-electron chi connectivity index (χ0n) is 15.2. The number of rotatable bonds is 3. The van der Waals surface area contributed by atoms with Crippen molar-refractivity contribution in [3.05, 3.63) is 71.5 Å². The molecule has 4 rings (SSSR count). The fourth-order valence-electron chi connectivity index (χ4n) is 3.44. The SMILES string of the molecule is O[C@H]1Cc2cccc(Nc3cc(-c4ccc(C(F)(F)F)cc4)ncn3)c2C[C@@H]1O. The molecule has 3 N–H and O–H groups in total. The number of aromatic nitrogens is 2. The minimum absolute atomic E-state index is 0.316. The van der Waals surface area contributed by atoms with Gasteiger partial charge in [-0.05, 0) is 29.3 Å². The molecule has 0 radical (unpaired) electrons. The molecule has 1 aliphatic carbocycles. The molecular formula is C21H18F3N3O2. The van der Waals surface area contributed by atoms with Crippen molar-refractivity contribution in [2.45, 2.75) is 31.2 Å². The van der Waals surface area contributed by atoms with Crippen molar-refractivity contribution in [2.75, 3.05) is 5.32 Å². The van der Waals surface area contributed by atoms with E-state index in [-0.39, 0.29) is 0 Å². The molecule has 29 heavy (non-hydrogen) atoms. The number of anilines is 2. The molecule has 5 nitrogen and oxygen atoms in total. The van der Waals surface area contributed by atoms with E-state index in [1.807, 2.05) is 18.2 Å². The fraction of sp³-hybridized carbons (Fsp3) is 0.238. The van der Waals surface area contributed by atoms with E-state index in [2.05, 4.69) is 15.3 Å². The summed E-state index contributed by atoms with van der Waals surface area (Å²) in [7, 11) is 0. The largest absolute Gasteiger partial charge is 0.416 e. The number of hydrogen-bond acceptors (Lipinski definition) is 5. The molecule has 150 valence electrons. The Labute approximate surface area is 164 Å². The van der Waals surface area contributed by atoms with Gasteiger partial charge in [-0.1, -0.05) is 24.3 Å². The molecule has 3 aromatic rings. The van der Waals surface area contributed by atoms with Gasteiger partial charge in [-0.2, -0.15) is 13.2 Å². The highest BCUT2D eigenvalue weighted by Crippen LogP contribution is 2.32. The minimum Gasteiger partial charge on any atom is -0.390 e. The van der Waals surface area contributed by atoms with Crippen molar-refractivity contribution in [3.63, 3.8) is 0 Å². The fourth-order valence-corrected chi connectivity index (χ4v) is 3.44. The lowest BCUT2D eigenvalue weighted by molar-refractivity contribution is -0.137. The summed E-state index contributed by atoms with van der Waals surface area (Å²) in [5.41, 5.74) is 2.91. The molecule has 0 spiro atoms. The number of benzene rings is 2. The van der Waals surface area contributed by atoms with Crippen LogP contribution in [0.3, 0.4) is 0 Å². The predicted molar refractivity (Wildman–Crippen MR) is 102 cm³/mol. The summed E-state index contributed by atoms with van der Waals surface area (Å²) < 4.78 is 38.2. The first-order chi connectivity index (χ1) is 13.8. The second kappa shape index (κ2) is 7.46. The van der Waals surface area contributed by atoms with Gasteiger partial charge in [0.2, 0.25) is 0 Å². The van der Waals surface area contributed by atoms with Gasteiger partial charge in [-0.3, -0.25) is 0 Å².